The van der Waals surface area contributed by atoms with E-state index in [1.54, 1.807) is 0 Å². The zero-order valence-corrected chi connectivity index (χ0v) is 14.9. The molecule has 132 valence electrons. The standard InChI is InChI=1S/C18H26N2O3S/c21-17(16-15(19-12-24-16)13-3-1-2-4-13)20-14-5-8-23-18(11-14)6-9-22-10-7-18/h12-14H,1-11H2,(H,20,21). The van der Waals surface area contributed by atoms with Gasteiger partial charge in [0.15, 0.2) is 0 Å². The minimum Gasteiger partial charge on any atom is -0.381 e. The van der Waals surface area contributed by atoms with Crippen molar-refractivity contribution in [3.63, 3.8) is 0 Å². The smallest absolute Gasteiger partial charge is 0.263 e. The average molecular weight is 350 g/mol. The van der Waals surface area contributed by atoms with Crippen LogP contribution in [0.1, 0.15) is 72.7 Å². The van der Waals surface area contributed by atoms with Crippen LogP contribution in [-0.4, -0.2) is 42.4 Å². The van der Waals surface area contributed by atoms with Crippen LogP contribution in [0.15, 0.2) is 5.51 Å². The Labute approximate surface area is 147 Å². The van der Waals surface area contributed by atoms with Crippen LogP contribution in [0.25, 0.3) is 0 Å². The molecule has 0 bridgehead atoms. The van der Waals surface area contributed by atoms with Crippen LogP contribution in [-0.2, 0) is 9.47 Å². The number of nitrogens with zero attached hydrogens (tertiary/aromatic N) is 1. The number of hydrogen-bond donors (Lipinski definition) is 1. The molecule has 1 spiro atoms. The van der Waals surface area contributed by atoms with Crippen LogP contribution in [0, 0.1) is 0 Å². The quantitative estimate of drug-likeness (QED) is 0.909. The molecule has 3 fully saturated rings. The average Bonchev–Trinajstić information content (AvgIpc) is 3.27. The molecule has 3 heterocycles. The lowest BCUT2D eigenvalue weighted by molar-refractivity contribution is -0.139. The van der Waals surface area contributed by atoms with Gasteiger partial charge in [-0.2, -0.15) is 0 Å². The lowest BCUT2D eigenvalue weighted by Gasteiger charge is -2.43. The molecule has 1 aromatic heterocycles. The van der Waals surface area contributed by atoms with Gasteiger partial charge in [-0.25, -0.2) is 4.98 Å². The molecule has 1 aromatic rings. The fourth-order valence-corrected chi connectivity index (χ4v) is 5.19. The molecule has 1 atom stereocenters. The molecule has 6 heteroatoms. The number of amides is 1. The molecule has 1 N–H and O–H groups in total. The summed E-state index contributed by atoms with van der Waals surface area (Å²) in [7, 11) is 0. The van der Waals surface area contributed by atoms with Crippen LogP contribution in [0.4, 0.5) is 0 Å². The summed E-state index contributed by atoms with van der Waals surface area (Å²) in [4.78, 5) is 18.2. The second kappa shape index (κ2) is 7.10. The zero-order valence-electron chi connectivity index (χ0n) is 14.1. The van der Waals surface area contributed by atoms with E-state index in [0.29, 0.717) is 5.92 Å². The number of rotatable bonds is 3. The van der Waals surface area contributed by atoms with Crippen molar-refractivity contribution in [3.05, 3.63) is 16.1 Å². The molecule has 1 amide bonds. The predicted octanol–water partition coefficient (Wildman–Crippen LogP) is 3.26. The third kappa shape index (κ3) is 3.37. The van der Waals surface area contributed by atoms with E-state index in [1.165, 1.54) is 37.0 Å². The van der Waals surface area contributed by atoms with Crippen molar-refractivity contribution in [2.24, 2.45) is 0 Å². The lowest BCUT2D eigenvalue weighted by Crippen LogP contribution is -2.51. The molecular weight excluding hydrogens is 324 g/mol. The number of nitrogens with one attached hydrogen (secondary N) is 1. The van der Waals surface area contributed by atoms with Gasteiger partial charge in [0.05, 0.1) is 16.8 Å². The van der Waals surface area contributed by atoms with E-state index < -0.39 is 0 Å². The largest absolute Gasteiger partial charge is 0.381 e. The van der Waals surface area contributed by atoms with Gasteiger partial charge in [-0.3, -0.25) is 4.79 Å². The first kappa shape index (κ1) is 16.5. The Morgan fingerprint density at radius 3 is 2.79 bits per heavy atom. The number of carbonyl (C=O) groups excluding carboxylic acids is 1. The topological polar surface area (TPSA) is 60.5 Å². The molecule has 1 unspecified atom stereocenters. The fourth-order valence-electron chi connectivity index (χ4n) is 4.41. The Morgan fingerprint density at radius 2 is 2.00 bits per heavy atom. The normalized spacial score (nSPS) is 27.4. The first-order chi connectivity index (χ1) is 11.8. The van der Waals surface area contributed by atoms with Crippen molar-refractivity contribution in [1.29, 1.82) is 0 Å². The maximum atomic E-state index is 12.8. The highest BCUT2D eigenvalue weighted by atomic mass is 32.1. The molecule has 4 rings (SSSR count). The number of aromatic nitrogens is 1. The highest BCUT2D eigenvalue weighted by molar-refractivity contribution is 7.11. The van der Waals surface area contributed by atoms with Crippen molar-refractivity contribution in [2.75, 3.05) is 19.8 Å². The van der Waals surface area contributed by atoms with Crippen LogP contribution in [0.3, 0.4) is 0 Å². The number of thiazole rings is 1. The first-order valence-electron chi connectivity index (χ1n) is 9.22. The molecule has 1 aliphatic carbocycles. The van der Waals surface area contributed by atoms with E-state index in [-0.39, 0.29) is 17.6 Å². The summed E-state index contributed by atoms with van der Waals surface area (Å²) in [6, 6.07) is 0.197. The number of ether oxygens (including phenoxy) is 2. The van der Waals surface area contributed by atoms with Gasteiger partial charge in [0, 0.05) is 31.8 Å². The first-order valence-corrected chi connectivity index (χ1v) is 10.1. The van der Waals surface area contributed by atoms with E-state index in [0.717, 1.165) is 56.1 Å². The van der Waals surface area contributed by atoms with Crippen LogP contribution in [0.2, 0.25) is 0 Å². The lowest BCUT2D eigenvalue weighted by atomic mass is 9.84. The van der Waals surface area contributed by atoms with Crippen LogP contribution in [0.5, 0.6) is 0 Å². The summed E-state index contributed by atoms with van der Waals surface area (Å²) in [6.07, 6.45) is 8.53. The SMILES string of the molecule is O=C(NC1CCOC2(CCOCC2)C1)c1scnc1C1CCCC1. The van der Waals surface area contributed by atoms with Gasteiger partial charge >= 0.3 is 0 Å². The van der Waals surface area contributed by atoms with Crippen molar-refractivity contribution >= 4 is 17.2 Å². The van der Waals surface area contributed by atoms with Crippen molar-refractivity contribution < 1.29 is 14.3 Å². The van der Waals surface area contributed by atoms with E-state index >= 15 is 0 Å². The zero-order chi connectivity index (χ0) is 16.4. The van der Waals surface area contributed by atoms with Crippen molar-refractivity contribution in [1.82, 2.24) is 10.3 Å². The predicted molar refractivity (Wildman–Crippen MR) is 92.5 cm³/mol. The molecule has 5 nitrogen and oxygen atoms in total. The fraction of sp³-hybridized carbons (Fsp3) is 0.778. The van der Waals surface area contributed by atoms with Gasteiger partial charge in [0.25, 0.3) is 5.91 Å². The van der Waals surface area contributed by atoms with Gasteiger partial charge in [-0.1, -0.05) is 12.8 Å². The third-order valence-corrected chi connectivity index (χ3v) is 6.62. The number of hydrogen-bond acceptors (Lipinski definition) is 5. The molecular formula is C18H26N2O3S. The Morgan fingerprint density at radius 1 is 1.21 bits per heavy atom. The summed E-state index contributed by atoms with van der Waals surface area (Å²) in [5.74, 6) is 0.544. The van der Waals surface area contributed by atoms with E-state index in [4.69, 9.17) is 9.47 Å². The van der Waals surface area contributed by atoms with Gasteiger partial charge < -0.3 is 14.8 Å². The van der Waals surface area contributed by atoms with Gasteiger partial charge in [0.1, 0.15) is 4.88 Å². The van der Waals surface area contributed by atoms with Crippen molar-refractivity contribution in [2.45, 2.75) is 68.9 Å². The van der Waals surface area contributed by atoms with E-state index in [9.17, 15) is 4.79 Å². The van der Waals surface area contributed by atoms with Crippen molar-refractivity contribution in [3.8, 4) is 0 Å². The summed E-state index contributed by atoms with van der Waals surface area (Å²) >= 11 is 1.49. The van der Waals surface area contributed by atoms with Gasteiger partial charge in [-0.05, 0) is 38.5 Å². The Bertz CT molecular complexity index is 571. The molecule has 1 saturated carbocycles. The molecule has 2 saturated heterocycles. The third-order valence-electron chi connectivity index (χ3n) is 5.78. The highest BCUT2D eigenvalue weighted by Crippen LogP contribution is 2.37. The summed E-state index contributed by atoms with van der Waals surface area (Å²) in [5, 5.41) is 3.27. The molecule has 3 aliphatic rings. The Balaban J connectivity index is 1.41. The van der Waals surface area contributed by atoms with E-state index in [2.05, 4.69) is 10.3 Å². The minimum absolute atomic E-state index is 0.0634. The maximum Gasteiger partial charge on any atom is 0.263 e. The highest BCUT2D eigenvalue weighted by Gasteiger charge is 2.39. The van der Waals surface area contributed by atoms with Crippen LogP contribution >= 0.6 is 11.3 Å². The van der Waals surface area contributed by atoms with E-state index in [1.807, 2.05) is 5.51 Å². The molecule has 2 aliphatic heterocycles. The Hall–Kier alpha value is -0.980. The van der Waals surface area contributed by atoms with Gasteiger partial charge in [0.2, 0.25) is 0 Å². The number of carbonyl (C=O) groups is 1. The molecule has 0 aromatic carbocycles. The molecule has 24 heavy (non-hydrogen) atoms. The molecule has 0 radical (unpaired) electrons. The monoisotopic (exact) mass is 350 g/mol. The summed E-state index contributed by atoms with van der Waals surface area (Å²) < 4.78 is 11.5. The van der Waals surface area contributed by atoms with Crippen LogP contribution < -0.4 is 5.32 Å². The second-order valence-corrected chi connectivity index (χ2v) is 8.21. The summed E-state index contributed by atoms with van der Waals surface area (Å²) in [5.41, 5.74) is 2.77. The Kier molecular flexibility index (Phi) is 4.88. The van der Waals surface area contributed by atoms with Gasteiger partial charge in [-0.15, -0.1) is 11.3 Å². The minimum atomic E-state index is -0.0869. The second-order valence-electron chi connectivity index (χ2n) is 7.36. The summed E-state index contributed by atoms with van der Waals surface area (Å²) in [6.45, 7) is 2.26. The maximum absolute atomic E-state index is 12.8.